The molecule has 1 N–H and O–H groups in total. The first-order valence-electron chi connectivity index (χ1n) is 5.67. The standard InChI is InChI=1S/C12H17N3O/c1-2-7-15-8-4-11(5-9-15)13-10-12-3-6-14-16-12/h1,3,6,11,13H,4-5,7-10H2. The number of likely N-dealkylation sites (tertiary alicyclic amines) is 1. The van der Waals surface area contributed by atoms with Gasteiger partial charge in [-0.05, 0) is 12.8 Å². The molecule has 0 amide bonds. The van der Waals surface area contributed by atoms with Crippen molar-refractivity contribution in [2.24, 2.45) is 0 Å². The zero-order valence-corrected chi connectivity index (χ0v) is 9.35. The number of piperidine rings is 1. The van der Waals surface area contributed by atoms with Crippen LogP contribution in [0.25, 0.3) is 0 Å². The third kappa shape index (κ3) is 3.09. The molecule has 16 heavy (non-hydrogen) atoms. The Bertz CT molecular complexity index is 334. The van der Waals surface area contributed by atoms with Gasteiger partial charge in [0.25, 0.3) is 0 Å². The Morgan fingerprint density at radius 2 is 2.38 bits per heavy atom. The number of hydrogen-bond acceptors (Lipinski definition) is 4. The van der Waals surface area contributed by atoms with Gasteiger partial charge in [0.15, 0.2) is 0 Å². The van der Waals surface area contributed by atoms with E-state index in [9.17, 15) is 0 Å². The first kappa shape index (κ1) is 11.2. The highest BCUT2D eigenvalue weighted by molar-refractivity contribution is 4.94. The molecule has 2 heterocycles. The van der Waals surface area contributed by atoms with E-state index in [2.05, 4.69) is 21.3 Å². The highest BCUT2D eigenvalue weighted by Crippen LogP contribution is 2.10. The van der Waals surface area contributed by atoms with Crippen molar-refractivity contribution >= 4 is 0 Å². The minimum absolute atomic E-state index is 0.569. The van der Waals surface area contributed by atoms with Gasteiger partial charge in [-0.1, -0.05) is 11.1 Å². The molecule has 4 heteroatoms. The second kappa shape index (κ2) is 5.69. The van der Waals surface area contributed by atoms with Gasteiger partial charge in [0.05, 0.1) is 19.3 Å². The summed E-state index contributed by atoms with van der Waals surface area (Å²) in [5.74, 6) is 3.58. The molecule has 1 aliphatic rings. The number of aromatic nitrogens is 1. The SMILES string of the molecule is C#CCN1CCC(NCc2ccno2)CC1. The Balaban J connectivity index is 1.68. The van der Waals surface area contributed by atoms with E-state index in [0.29, 0.717) is 6.04 Å². The predicted octanol–water partition coefficient (Wildman–Crippen LogP) is 0.862. The van der Waals surface area contributed by atoms with Crippen molar-refractivity contribution in [2.45, 2.75) is 25.4 Å². The Labute approximate surface area is 96.0 Å². The molecule has 0 unspecified atom stereocenters. The van der Waals surface area contributed by atoms with Crippen molar-refractivity contribution in [3.8, 4) is 12.3 Å². The molecule has 4 nitrogen and oxygen atoms in total. The maximum Gasteiger partial charge on any atom is 0.150 e. The van der Waals surface area contributed by atoms with Gasteiger partial charge in [0, 0.05) is 25.2 Å². The molecule has 0 atom stereocenters. The van der Waals surface area contributed by atoms with Gasteiger partial charge in [-0.25, -0.2) is 0 Å². The maximum atomic E-state index is 5.29. The molecule has 0 saturated carbocycles. The zero-order valence-electron chi connectivity index (χ0n) is 9.35. The molecule has 2 rings (SSSR count). The van der Waals surface area contributed by atoms with E-state index < -0.39 is 0 Å². The fraction of sp³-hybridized carbons (Fsp3) is 0.583. The summed E-state index contributed by atoms with van der Waals surface area (Å²) in [4.78, 5) is 2.31. The van der Waals surface area contributed by atoms with E-state index in [1.54, 1.807) is 6.20 Å². The lowest BCUT2D eigenvalue weighted by Crippen LogP contribution is -2.42. The van der Waals surface area contributed by atoms with Crippen LogP contribution in [-0.4, -0.2) is 35.7 Å². The Morgan fingerprint density at radius 1 is 1.56 bits per heavy atom. The monoisotopic (exact) mass is 219 g/mol. The lowest BCUT2D eigenvalue weighted by molar-refractivity contribution is 0.214. The summed E-state index contributed by atoms with van der Waals surface area (Å²) in [7, 11) is 0. The molecule has 86 valence electrons. The number of nitrogens with zero attached hydrogens (tertiary/aromatic N) is 2. The molecular weight excluding hydrogens is 202 g/mol. The van der Waals surface area contributed by atoms with E-state index in [0.717, 1.165) is 44.8 Å². The van der Waals surface area contributed by atoms with Crippen LogP contribution in [0.1, 0.15) is 18.6 Å². The third-order valence-corrected chi connectivity index (χ3v) is 2.96. The minimum Gasteiger partial charge on any atom is -0.360 e. The summed E-state index contributed by atoms with van der Waals surface area (Å²) in [6, 6.07) is 2.46. The van der Waals surface area contributed by atoms with Crippen LogP contribution >= 0.6 is 0 Å². The van der Waals surface area contributed by atoms with Crippen LogP contribution in [0.5, 0.6) is 0 Å². The van der Waals surface area contributed by atoms with Crippen molar-refractivity contribution in [3.63, 3.8) is 0 Å². The fourth-order valence-corrected chi connectivity index (χ4v) is 2.00. The number of rotatable bonds is 4. The average Bonchev–Trinajstić information content (AvgIpc) is 2.82. The molecule has 0 aromatic carbocycles. The van der Waals surface area contributed by atoms with Crippen LogP contribution in [0.15, 0.2) is 16.8 Å². The lowest BCUT2D eigenvalue weighted by atomic mass is 10.1. The van der Waals surface area contributed by atoms with E-state index in [1.165, 1.54) is 0 Å². The van der Waals surface area contributed by atoms with Crippen LogP contribution < -0.4 is 5.32 Å². The van der Waals surface area contributed by atoms with Crippen molar-refractivity contribution in [2.75, 3.05) is 19.6 Å². The van der Waals surface area contributed by atoms with Crippen molar-refractivity contribution < 1.29 is 4.52 Å². The Hall–Kier alpha value is -1.31. The Kier molecular flexibility index (Phi) is 3.97. The van der Waals surface area contributed by atoms with Gasteiger partial charge in [-0.2, -0.15) is 0 Å². The van der Waals surface area contributed by atoms with E-state index in [-0.39, 0.29) is 0 Å². The predicted molar refractivity (Wildman–Crippen MR) is 61.6 cm³/mol. The van der Waals surface area contributed by atoms with Gasteiger partial charge in [0.1, 0.15) is 5.76 Å². The largest absolute Gasteiger partial charge is 0.360 e. The summed E-state index contributed by atoms with van der Waals surface area (Å²) in [6.45, 7) is 3.70. The number of hydrogen-bond donors (Lipinski definition) is 1. The number of terminal acetylenes is 1. The number of nitrogens with one attached hydrogen (secondary N) is 1. The second-order valence-electron chi connectivity index (χ2n) is 4.11. The van der Waals surface area contributed by atoms with Crippen LogP contribution in [0.2, 0.25) is 0 Å². The average molecular weight is 219 g/mol. The lowest BCUT2D eigenvalue weighted by Gasteiger charge is -2.30. The highest BCUT2D eigenvalue weighted by atomic mass is 16.5. The molecular formula is C12H17N3O. The maximum absolute atomic E-state index is 5.29. The molecule has 1 fully saturated rings. The molecule has 0 bridgehead atoms. The van der Waals surface area contributed by atoms with Gasteiger partial charge in [0.2, 0.25) is 0 Å². The van der Waals surface area contributed by atoms with E-state index in [4.69, 9.17) is 10.9 Å². The summed E-state index contributed by atoms with van der Waals surface area (Å²) in [6.07, 6.45) is 9.26. The highest BCUT2D eigenvalue weighted by Gasteiger charge is 2.17. The summed E-state index contributed by atoms with van der Waals surface area (Å²) < 4.78 is 5.03. The fourth-order valence-electron chi connectivity index (χ4n) is 2.00. The van der Waals surface area contributed by atoms with Crippen molar-refractivity contribution in [3.05, 3.63) is 18.0 Å². The van der Waals surface area contributed by atoms with Gasteiger partial charge >= 0.3 is 0 Å². The van der Waals surface area contributed by atoms with Crippen LogP contribution in [0.4, 0.5) is 0 Å². The molecule has 0 spiro atoms. The smallest absolute Gasteiger partial charge is 0.150 e. The second-order valence-corrected chi connectivity index (χ2v) is 4.11. The Morgan fingerprint density at radius 3 is 3.00 bits per heavy atom. The van der Waals surface area contributed by atoms with Crippen LogP contribution in [0.3, 0.4) is 0 Å². The zero-order chi connectivity index (χ0) is 11.2. The minimum atomic E-state index is 0.569. The van der Waals surface area contributed by atoms with Crippen molar-refractivity contribution in [1.82, 2.24) is 15.4 Å². The summed E-state index contributed by atoms with van der Waals surface area (Å²) in [5.41, 5.74) is 0. The van der Waals surface area contributed by atoms with Crippen LogP contribution in [0, 0.1) is 12.3 Å². The first-order valence-corrected chi connectivity index (χ1v) is 5.67. The quantitative estimate of drug-likeness (QED) is 0.763. The third-order valence-electron chi connectivity index (χ3n) is 2.96. The molecule has 1 aliphatic heterocycles. The summed E-state index contributed by atoms with van der Waals surface area (Å²) in [5, 5.41) is 7.15. The molecule has 1 aromatic heterocycles. The normalized spacial score (nSPS) is 18.4. The topological polar surface area (TPSA) is 41.3 Å². The molecule has 1 aromatic rings. The summed E-state index contributed by atoms with van der Waals surface area (Å²) >= 11 is 0. The van der Waals surface area contributed by atoms with Gasteiger partial charge < -0.3 is 9.84 Å². The van der Waals surface area contributed by atoms with Gasteiger partial charge in [-0.3, -0.25) is 4.90 Å². The molecule has 0 radical (unpaired) electrons. The molecule has 1 saturated heterocycles. The first-order chi connectivity index (χ1) is 7.88. The van der Waals surface area contributed by atoms with Gasteiger partial charge in [-0.15, -0.1) is 6.42 Å². The van der Waals surface area contributed by atoms with Crippen molar-refractivity contribution in [1.29, 1.82) is 0 Å². The molecule has 0 aliphatic carbocycles. The van der Waals surface area contributed by atoms with E-state index in [1.807, 2.05) is 6.07 Å². The van der Waals surface area contributed by atoms with E-state index >= 15 is 0 Å². The van der Waals surface area contributed by atoms with Crippen LogP contribution in [-0.2, 0) is 6.54 Å².